The van der Waals surface area contributed by atoms with Crippen LogP contribution in [0.4, 0.5) is 0 Å². The molecule has 6 nitrogen and oxygen atoms in total. The lowest BCUT2D eigenvalue weighted by Crippen LogP contribution is -2.04. The normalized spacial score (nSPS) is 10.8. The van der Waals surface area contributed by atoms with Crippen LogP contribution in [0.25, 0.3) is 22.3 Å². The SMILES string of the molecule is COc1cc(C)c(OCCCC(=O)O)cc1-c1cc(=O)c2cccc(Cl)c2o1. The van der Waals surface area contributed by atoms with Crippen molar-refractivity contribution in [1.82, 2.24) is 0 Å². The van der Waals surface area contributed by atoms with E-state index in [1.807, 2.05) is 6.92 Å². The van der Waals surface area contributed by atoms with Gasteiger partial charge in [0.1, 0.15) is 17.3 Å². The Hall–Kier alpha value is -2.99. The number of hydrogen-bond acceptors (Lipinski definition) is 5. The van der Waals surface area contributed by atoms with Gasteiger partial charge >= 0.3 is 5.97 Å². The van der Waals surface area contributed by atoms with Gasteiger partial charge in [0.25, 0.3) is 0 Å². The molecule has 0 aliphatic rings. The fraction of sp³-hybridized carbons (Fsp3) is 0.238. The number of halogens is 1. The number of carboxylic acids is 1. The second-order valence-electron chi connectivity index (χ2n) is 6.26. The summed E-state index contributed by atoms with van der Waals surface area (Å²) in [6.45, 7) is 2.11. The predicted molar refractivity (Wildman–Crippen MR) is 107 cm³/mol. The molecule has 3 aromatic rings. The largest absolute Gasteiger partial charge is 0.496 e. The molecule has 0 spiro atoms. The van der Waals surface area contributed by atoms with E-state index >= 15 is 0 Å². The Morgan fingerprint density at radius 2 is 2.00 bits per heavy atom. The molecule has 28 heavy (non-hydrogen) atoms. The van der Waals surface area contributed by atoms with E-state index in [0.29, 0.717) is 45.2 Å². The first-order valence-corrected chi connectivity index (χ1v) is 9.04. The third-order valence-corrected chi connectivity index (χ3v) is 4.56. The Labute approximate surface area is 166 Å². The zero-order valence-electron chi connectivity index (χ0n) is 15.5. The van der Waals surface area contributed by atoms with Gasteiger partial charge in [0.05, 0.1) is 29.7 Å². The van der Waals surface area contributed by atoms with Crippen LogP contribution in [0.15, 0.2) is 45.6 Å². The minimum absolute atomic E-state index is 0.0279. The van der Waals surface area contributed by atoms with E-state index in [1.54, 1.807) is 30.3 Å². The van der Waals surface area contributed by atoms with Gasteiger partial charge in [-0.25, -0.2) is 0 Å². The lowest BCUT2D eigenvalue weighted by atomic mass is 10.1. The standard InChI is InChI=1S/C21H19ClO6/c1-12-9-18(26-2)14(10-17(12)27-8-4-7-20(24)25)19-11-16(23)13-5-3-6-15(22)21(13)28-19/h3,5-6,9-11H,4,7-8H2,1-2H3,(H,24,25). The minimum atomic E-state index is -0.870. The van der Waals surface area contributed by atoms with Crippen LogP contribution in [-0.4, -0.2) is 24.8 Å². The minimum Gasteiger partial charge on any atom is -0.496 e. The van der Waals surface area contributed by atoms with Gasteiger partial charge in [-0.1, -0.05) is 17.7 Å². The highest BCUT2D eigenvalue weighted by Gasteiger charge is 2.16. The van der Waals surface area contributed by atoms with Crippen molar-refractivity contribution in [3.05, 3.63) is 57.2 Å². The van der Waals surface area contributed by atoms with E-state index in [1.165, 1.54) is 13.2 Å². The highest BCUT2D eigenvalue weighted by molar-refractivity contribution is 6.34. The zero-order chi connectivity index (χ0) is 20.3. The molecule has 0 aliphatic carbocycles. The first kappa shape index (κ1) is 19.8. The lowest BCUT2D eigenvalue weighted by Gasteiger charge is -2.14. The molecule has 0 bridgehead atoms. The molecule has 0 radical (unpaired) electrons. The van der Waals surface area contributed by atoms with E-state index < -0.39 is 5.97 Å². The van der Waals surface area contributed by atoms with Gasteiger partial charge in [-0.3, -0.25) is 9.59 Å². The fourth-order valence-electron chi connectivity index (χ4n) is 2.86. The molecule has 0 unspecified atom stereocenters. The monoisotopic (exact) mass is 402 g/mol. The van der Waals surface area contributed by atoms with Crippen LogP contribution in [0.5, 0.6) is 11.5 Å². The van der Waals surface area contributed by atoms with E-state index in [4.69, 9.17) is 30.6 Å². The van der Waals surface area contributed by atoms with Crippen LogP contribution >= 0.6 is 11.6 Å². The molecule has 1 heterocycles. The molecule has 0 aliphatic heterocycles. The summed E-state index contributed by atoms with van der Waals surface area (Å²) < 4.78 is 17.1. The van der Waals surface area contributed by atoms with Gasteiger partial charge in [-0.2, -0.15) is 0 Å². The molecule has 1 aromatic heterocycles. The maximum Gasteiger partial charge on any atom is 0.303 e. The Bertz CT molecular complexity index is 1090. The highest BCUT2D eigenvalue weighted by atomic mass is 35.5. The number of fused-ring (bicyclic) bond motifs is 1. The Morgan fingerprint density at radius 3 is 2.71 bits per heavy atom. The van der Waals surface area contributed by atoms with Crippen LogP contribution in [0, 0.1) is 6.92 Å². The molecule has 7 heteroatoms. The average molecular weight is 403 g/mol. The number of aliphatic carboxylic acids is 1. The van der Waals surface area contributed by atoms with Crippen LogP contribution in [-0.2, 0) is 4.79 Å². The van der Waals surface area contributed by atoms with Gasteiger partial charge in [0, 0.05) is 12.5 Å². The summed E-state index contributed by atoms with van der Waals surface area (Å²) >= 11 is 6.19. The topological polar surface area (TPSA) is 86.0 Å². The molecule has 0 saturated heterocycles. The summed E-state index contributed by atoms with van der Waals surface area (Å²) in [5.74, 6) is 0.511. The van der Waals surface area contributed by atoms with E-state index in [9.17, 15) is 9.59 Å². The van der Waals surface area contributed by atoms with Crippen LogP contribution in [0.3, 0.4) is 0 Å². The van der Waals surface area contributed by atoms with Crippen molar-refractivity contribution in [3.63, 3.8) is 0 Å². The number of methoxy groups -OCH3 is 1. The smallest absolute Gasteiger partial charge is 0.303 e. The molecule has 1 N–H and O–H groups in total. The van der Waals surface area contributed by atoms with Crippen molar-refractivity contribution >= 4 is 28.5 Å². The van der Waals surface area contributed by atoms with Crippen molar-refractivity contribution in [2.45, 2.75) is 19.8 Å². The summed E-state index contributed by atoms with van der Waals surface area (Å²) in [6, 6.07) is 9.88. The quantitative estimate of drug-likeness (QED) is 0.578. The second kappa shape index (κ2) is 8.35. The molecule has 2 aromatic carbocycles. The molecule has 0 saturated carbocycles. The van der Waals surface area contributed by atoms with Crippen molar-refractivity contribution in [2.24, 2.45) is 0 Å². The molecular weight excluding hydrogens is 384 g/mol. The fourth-order valence-corrected chi connectivity index (χ4v) is 3.07. The Kier molecular flexibility index (Phi) is 5.90. The first-order valence-electron chi connectivity index (χ1n) is 8.66. The van der Waals surface area contributed by atoms with Crippen LogP contribution in [0.1, 0.15) is 18.4 Å². The Balaban J connectivity index is 2.04. The summed E-state index contributed by atoms with van der Waals surface area (Å²) in [7, 11) is 1.53. The second-order valence-corrected chi connectivity index (χ2v) is 6.66. The van der Waals surface area contributed by atoms with Gasteiger partial charge in [-0.15, -0.1) is 0 Å². The van der Waals surface area contributed by atoms with E-state index in [0.717, 1.165) is 5.56 Å². The first-order chi connectivity index (χ1) is 13.4. The number of rotatable bonds is 7. The zero-order valence-corrected chi connectivity index (χ0v) is 16.2. The van der Waals surface area contributed by atoms with Gasteiger partial charge < -0.3 is 19.0 Å². The average Bonchev–Trinajstić information content (AvgIpc) is 2.66. The Morgan fingerprint density at radius 1 is 1.21 bits per heavy atom. The number of para-hydroxylation sites is 1. The van der Waals surface area contributed by atoms with Crippen molar-refractivity contribution in [2.75, 3.05) is 13.7 Å². The molecule has 146 valence electrons. The third kappa shape index (κ3) is 4.12. The predicted octanol–water partition coefficient (Wildman–Crippen LogP) is 4.67. The van der Waals surface area contributed by atoms with Crippen molar-refractivity contribution < 1.29 is 23.8 Å². The van der Waals surface area contributed by atoms with Crippen LogP contribution < -0.4 is 14.9 Å². The molecule has 0 amide bonds. The summed E-state index contributed by atoms with van der Waals surface area (Å²) in [5, 5.41) is 9.47. The molecular formula is C21H19ClO6. The van der Waals surface area contributed by atoms with E-state index in [2.05, 4.69) is 0 Å². The van der Waals surface area contributed by atoms with E-state index in [-0.39, 0.29) is 18.5 Å². The summed E-state index contributed by atoms with van der Waals surface area (Å²) in [4.78, 5) is 23.1. The number of carboxylic acid groups (broad SMARTS) is 1. The maximum absolute atomic E-state index is 12.5. The maximum atomic E-state index is 12.5. The van der Waals surface area contributed by atoms with Gasteiger partial charge in [0.15, 0.2) is 11.0 Å². The number of aryl methyl sites for hydroxylation is 1. The van der Waals surface area contributed by atoms with Crippen LogP contribution in [0.2, 0.25) is 5.02 Å². The number of ether oxygens (including phenoxy) is 2. The number of carbonyl (C=O) groups is 1. The van der Waals surface area contributed by atoms with Crippen molar-refractivity contribution in [1.29, 1.82) is 0 Å². The summed E-state index contributed by atoms with van der Waals surface area (Å²) in [5.41, 5.74) is 1.45. The van der Waals surface area contributed by atoms with Crippen molar-refractivity contribution in [3.8, 4) is 22.8 Å². The molecule has 0 atom stereocenters. The number of benzene rings is 2. The van der Waals surface area contributed by atoms with Gasteiger partial charge in [0.2, 0.25) is 0 Å². The number of hydrogen-bond donors (Lipinski definition) is 1. The summed E-state index contributed by atoms with van der Waals surface area (Å²) in [6.07, 6.45) is 0.414. The molecule has 3 rings (SSSR count). The third-order valence-electron chi connectivity index (χ3n) is 4.26. The lowest BCUT2D eigenvalue weighted by molar-refractivity contribution is -0.137. The molecule has 0 fully saturated rings. The van der Waals surface area contributed by atoms with Gasteiger partial charge in [-0.05, 0) is 43.2 Å². The highest BCUT2D eigenvalue weighted by Crippen LogP contribution is 2.37.